The number of carboxylic acid groups (broad SMARTS) is 1. The average molecular weight is 293 g/mol. The summed E-state index contributed by atoms with van der Waals surface area (Å²) >= 11 is 11.6. The summed E-state index contributed by atoms with van der Waals surface area (Å²) < 4.78 is 10.6. The molecule has 0 aliphatic heterocycles. The van der Waals surface area contributed by atoms with E-state index in [-0.39, 0.29) is 34.1 Å². The second-order valence-electron chi connectivity index (χ2n) is 3.84. The third-order valence-corrected chi connectivity index (χ3v) is 2.52. The number of halogens is 2. The molecule has 1 rings (SSSR count). The predicted octanol–water partition coefficient (Wildman–Crippen LogP) is 3.50. The Kier molecular flexibility index (Phi) is 5.72. The first kappa shape index (κ1) is 15.1. The highest BCUT2D eigenvalue weighted by molar-refractivity contribution is 6.36. The lowest BCUT2D eigenvalue weighted by molar-refractivity contribution is 0.0539. The molecule has 1 aromatic rings. The number of benzene rings is 1. The third-order valence-electron chi connectivity index (χ3n) is 2.02. The van der Waals surface area contributed by atoms with Gasteiger partial charge in [0.1, 0.15) is 12.2 Å². The summed E-state index contributed by atoms with van der Waals surface area (Å²) in [5.74, 6) is -1.03. The fourth-order valence-corrected chi connectivity index (χ4v) is 1.84. The maximum Gasteiger partial charge on any atom is 0.339 e. The first-order valence-corrected chi connectivity index (χ1v) is 6.14. The first-order valence-electron chi connectivity index (χ1n) is 5.38. The van der Waals surface area contributed by atoms with Crippen molar-refractivity contribution in [3.63, 3.8) is 0 Å². The molecule has 0 radical (unpaired) electrons. The van der Waals surface area contributed by atoms with Gasteiger partial charge in [-0.1, -0.05) is 23.2 Å². The van der Waals surface area contributed by atoms with Gasteiger partial charge in [0.15, 0.2) is 5.75 Å². The van der Waals surface area contributed by atoms with Crippen LogP contribution in [0.1, 0.15) is 24.2 Å². The summed E-state index contributed by atoms with van der Waals surface area (Å²) in [5.41, 5.74) is -0.0583. The topological polar surface area (TPSA) is 55.8 Å². The largest absolute Gasteiger partial charge is 0.489 e. The lowest BCUT2D eigenvalue weighted by Gasteiger charge is -2.12. The van der Waals surface area contributed by atoms with Gasteiger partial charge in [0.05, 0.1) is 17.7 Å². The van der Waals surface area contributed by atoms with Crippen LogP contribution in [-0.2, 0) is 4.74 Å². The highest BCUT2D eigenvalue weighted by Gasteiger charge is 2.16. The minimum absolute atomic E-state index is 0.0583. The highest BCUT2D eigenvalue weighted by atomic mass is 35.5. The van der Waals surface area contributed by atoms with E-state index in [4.69, 9.17) is 37.8 Å². The molecule has 0 aliphatic rings. The van der Waals surface area contributed by atoms with Gasteiger partial charge in [-0.3, -0.25) is 0 Å². The van der Waals surface area contributed by atoms with Crippen molar-refractivity contribution in [1.82, 2.24) is 0 Å². The van der Waals surface area contributed by atoms with E-state index in [1.54, 1.807) is 0 Å². The maximum atomic E-state index is 11.0. The zero-order valence-corrected chi connectivity index (χ0v) is 11.6. The second-order valence-corrected chi connectivity index (χ2v) is 4.68. The number of carboxylic acids is 1. The molecule has 0 heterocycles. The Labute approximate surface area is 115 Å². The van der Waals surface area contributed by atoms with Crippen molar-refractivity contribution in [3.05, 3.63) is 27.7 Å². The van der Waals surface area contributed by atoms with E-state index in [1.807, 2.05) is 13.8 Å². The molecule has 0 spiro atoms. The van der Waals surface area contributed by atoms with Gasteiger partial charge in [-0.25, -0.2) is 4.79 Å². The van der Waals surface area contributed by atoms with Gasteiger partial charge >= 0.3 is 5.97 Å². The van der Waals surface area contributed by atoms with Gasteiger partial charge in [-0.05, 0) is 26.0 Å². The summed E-state index contributed by atoms with van der Waals surface area (Å²) in [6.07, 6.45) is 0.0910. The molecule has 0 aliphatic carbocycles. The zero-order chi connectivity index (χ0) is 13.7. The van der Waals surface area contributed by atoms with Gasteiger partial charge < -0.3 is 14.6 Å². The zero-order valence-electron chi connectivity index (χ0n) is 10.1. The number of carbonyl (C=O) groups is 1. The molecule has 100 valence electrons. The number of hydrogen-bond acceptors (Lipinski definition) is 3. The number of rotatable bonds is 6. The molecular weight excluding hydrogens is 279 g/mol. The fraction of sp³-hybridized carbons (Fsp3) is 0.417. The van der Waals surface area contributed by atoms with Crippen LogP contribution in [0.3, 0.4) is 0 Å². The molecule has 0 bridgehead atoms. The van der Waals surface area contributed by atoms with E-state index in [1.165, 1.54) is 12.1 Å². The molecule has 0 unspecified atom stereocenters. The Morgan fingerprint density at radius 3 is 2.56 bits per heavy atom. The highest BCUT2D eigenvalue weighted by Crippen LogP contribution is 2.32. The standard InChI is InChI=1S/C12H14Cl2O4/c1-7(2)17-3-4-18-11-9(12(15)16)5-8(13)6-10(11)14/h5-7H,3-4H2,1-2H3,(H,15,16). The van der Waals surface area contributed by atoms with Crippen LogP contribution in [0.2, 0.25) is 10.0 Å². The Morgan fingerprint density at radius 1 is 1.33 bits per heavy atom. The molecule has 1 N–H and O–H groups in total. The SMILES string of the molecule is CC(C)OCCOc1c(Cl)cc(Cl)cc1C(=O)O. The summed E-state index contributed by atoms with van der Waals surface area (Å²) in [6, 6.07) is 2.74. The first-order chi connectivity index (χ1) is 8.41. The number of hydrogen-bond donors (Lipinski definition) is 1. The van der Waals surface area contributed by atoms with Crippen molar-refractivity contribution >= 4 is 29.2 Å². The summed E-state index contributed by atoms with van der Waals surface area (Å²) in [4.78, 5) is 11.0. The minimum Gasteiger partial charge on any atom is -0.489 e. The van der Waals surface area contributed by atoms with Crippen LogP contribution in [0.5, 0.6) is 5.75 Å². The molecule has 6 heteroatoms. The van der Waals surface area contributed by atoms with Crippen LogP contribution in [0.4, 0.5) is 0 Å². The maximum absolute atomic E-state index is 11.0. The van der Waals surface area contributed by atoms with E-state index < -0.39 is 5.97 Å². The van der Waals surface area contributed by atoms with Gasteiger partial charge in [0.25, 0.3) is 0 Å². The van der Waals surface area contributed by atoms with Crippen molar-refractivity contribution in [2.45, 2.75) is 20.0 Å². The molecule has 0 aromatic heterocycles. The van der Waals surface area contributed by atoms with Crippen molar-refractivity contribution in [2.75, 3.05) is 13.2 Å². The number of ether oxygens (including phenoxy) is 2. The number of aromatic carboxylic acids is 1. The van der Waals surface area contributed by atoms with E-state index in [0.29, 0.717) is 6.61 Å². The van der Waals surface area contributed by atoms with Crippen LogP contribution >= 0.6 is 23.2 Å². The van der Waals surface area contributed by atoms with Gasteiger partial charge in [0.2, 0.25) is 0 Å². The molecule has 4 nitrogen and oxygen atoms in total. The summed E-state index contributed by atoms with van der Waals surface area (Å²) in [6.45, 7) is 4.38. The van der Waals surface area contributed by atoms with E-state index >= 15 is 0 Å². The lowest BCUT2D eigenvalue weighted by atomic mass is 10.2. The molecular formula is C12H14Cl2O4. The van der Waals surface area contributed by atoms with Crippen LogP contribution in [0.15, 0.2) is 12.1 Å². The molecule has 18 heavy (non-hydrogen) atoms. The normalized spacial score (nSPS) is 10.7. The molecule has 1 aromatic carbocycles. The van der Waals surface area contributed by atoms with E-state index in [0.717, 1.165) is 0 Å². The fourth-order valence-electron chi connectivity index (χ4n) is 1.29. The third kappa shape index (κ3) is 4.37. The molecule has 0 amide bonds. The molecule has 0 fully saturated rings. The smallest absolute Gasteiger partial charge is 0.339 e. The van der Waals surface area contributed by atoms with Crippen LogP contribution in [-0.4, -0.2) is 30.4 Å². The summed E-state index contributed by atoms with van der Waals surface area (Å²) in [7, 11) is 0. The van der Waals surface area contributed by atoms with Crippen molar-refractivity contribution < 1.29 is 19.4 Å². The Bertz CT molecular complexity index is 432. The second kappa shape index (κ2) is 6.83. The van der Waals surface area contributed by atoms with Crippen LogP contribution < -0.4 is 4.74 Å². The van der Waals surface area contributed by atoms with Crippen molar-refractivity contribution in [3.8, 4) is 5.75 Å². The summed E-state index contributed by atoms with van der Waals surface area (Å²) in [5, 5.41) is 9.45. The Hall–Kier alpha value is -0.970. The van der Waals surface area contributed by atoms with Gasteiger partial charge in [0, 0.05) is 5.02 Å². The van der Waals surface area contributed by atoms with Crippen LogP contribution in [0.25, 0.3) is 0 Å². The van der Waals surface area contributed by atoms with Crippen molar-refractivity contribution in [2.24, 2.45) is 0 Å². The minimum atomic E-state index is -1.14. The van der Waals surface area contributed by atoms with E-state index in [9.17, 15) is 4.79 Å². The van der Waals surface area contributed by atoms with Gasteiger partial charge in [-0.2, -0.15) is 0 Å². The Morgan fingerprint density at radius 2 is 2.00 bits per heavy atom. The molecule has 0 saturated heterocycles. The Balaban J connectivity index is 2.77. The van der Waals surface area contributed by atoms with E-state index in [2.05, 4.69) is 0 Å². The molecule has 0 atom stereocenters. The molecule has 0 saturated carbocycles. The van der Waals surface area contributed by atoms with Crippen LogP contribution in [0, 0.1) is 0 Å². The quantitative estimate of drug-likeness (QED) is 0.816. The average Bonchev–Trinajstić information content (AvgIpc) is 2.25. The lowest BCUT2D eigenvalue weighted by Crippen LogP contribution is -2.13. The van der Waals surface area contributed by atoms with Crippen molar-refractivity contribution in [1.29, 1.82) is 0 Å². The van der Waals surface area contributed by atoms with Gasteiger partial charge in [-0.15, -0.1) is 0 Å². The monoisotopic (exact) mass is 292 g/mol. The predicted molar refractivity (Wildman–Crippen MR) is 70.0 cm³/mol.